The van der Waals surface area contributed by atoms with Gasteiger partial charge < -0.3 is 10.2 Å². The standard InChI is InChI=1S/C18H21N3O/c1-12-5-4-6-14-15(18(22)19-13-7-8-13)11-16(20-17(12)14)21-9-2-3-10-21/h4-6,11,13H,2-3,7-10H2,1H3,(H,19,22). The Hall–Kier alpha value is -2.10. The average molecular weight is 295 g/mol. The number of nitrogens with one attached hydrogen (secondary N) is 1. The summed E-state index contributed by atoms with van der Waals surface area (Å²) in [7, 11) is 0. The van der Waals surface area contributed by atoms with Crippen molar-refractivity contribution < 1.29 is 4.79 Å². The number of aryl methyl sites for hydroxylation is 1. The normalized spacial score (nSPS) is 18.0. The smallest absolute Gasteiger partial charge is 0.252 e. The zero-order valence-electron chi connectivity index (χ0n) is 12.9. The number of anilines is 1. The molecule has 1 aromatic carbocycles. The van der Waals surface area contributed by atoms with Crippen LogP contribution in [0.2, 0.25) is 0 Å². The second-order valence-corrected chi connectivity index (χ2v) is 6.44. The Bertz CT molecular complexity index is 730. The molecule has 114 valence electrons. The van der Waals surface area contributed by atoms with Gasteiger partial charge in [-0.15, -0.1) is 0 Å². The van der Waals surface area contributed by atoms with Crippen LogP contribution in [0.25, 0.3) is 10.9 Å². The molecule has 1 aromatic heterocycles. The first kappa shape index (κ1) is 13.6. The zero-order valence-corrected chi connectivity index (χ0v) is 12.9. The molecule has 0 atom stereocenters. The molecule has 4 rings (SSSR count). The molecule has 1 N–H and O–H groups in total. The van der Waals surface area contributed by atoms with Crippen molar-refractivity contribution in [3.63, 3.8) is 0 Å². The maximum Gasteiger partial charge on any atom is 0.252 e. The lowest BCUT2D eigenvalue weighted by molar-refractivity contribution is 0.0952. The number of amides is 1. The summed E-state index contributed by atoms with van der Waals surface area (Å²) < 4.78 is 0. The highest BCUT2D eigenvalue weighted by Gasteiger charge is 2.26. The summed E-state index contributed by atoms with van der Waals surface area (Å²) in [5, 5.41) is 4.07. The first-order valence-electron chi connectivity index (χ1n) is 8.18. The predicted molar refractivity (Wildman–Crippen MR) is 88.4 cm³/mol. The van der Waals surface area contributed by atoms with Gasteiger partial charge in [-0.2, -0.15) is 0 Å². The summed E-state index contributed by atoms with van der Waals surface area (Å²) in [5.41, 5.74) is 2.84. The van der Waals surface area contributed by atoms with Crippen molar-refractivity contribution in [2.75, 3.05) is 18.0 Å². The van der Waals surface area contributed by atoms with Crippen molar-refractivity contribution in [3.05, 3.63) is 35.4 Å². The monoisotopic (exact) mass is 295 g/mol. The first-order valence-corrected chi connectivity index (χ1v) is 8.18. The van der Waals surface area contributed by atoms with Gasteiger partial charge in [-0.1, -0.05) is 18.2 Å². The highest BCUT2D eigenvalue weighted by molar-refractivity contribution is 6.07. The molecule has 2 heterocycles. The van der Waals surface area contributed by atoms with Crippen molar-refractivity contribution in [3.8, 4) is 0 Å². The summed E-state index contributed by atoms with van der Waals surface area (Å²) >= 11 is 0. The number of benzene rings is 1. The van der Waals surface area contributed by atoms with E-state index in [0.29, 0.717) is 6.04 Å². The fourth-order valence-corrected chi connectivity index (χ4v) is 3.17. The van der Waals surface area contributed by atoms with Gasteiger partial charge in [-0.05, 0) is 44.2 Å². The molecule has 4 nitrogen and oxygen atoms in total. The first-order chi connectivity index (χ1) is 10.7. The highest BCUT2D eigenvalue weighted by Crippen LogP contribution is 2.28. The molecule has 22 heavy (non-hydrogen) atoms. The van der Waals surface area contributed by atoms with Gasteiger partial charge in [-0.25, -0.2) is 4.98 Å². The number of nitrogens with zero attached hydrogens (tertiary/aromatic N) is 2. The molecule has 0 spiro atoms. The van der Waals surface area contributed by atoms with Crippen LogP contribution in [0.4, 0.5) is 5.82 Å². The van der Waals surface area contributed by atoms with E-state index in [0.717, 1.165) is 53.8 Å². The summed E-state index contributed by atoms with van der Waals surface area (Å²) in [6.07, 6.45) is 4.62. The topological polar surface area (TPSA) is 45.2 Å². The van der Waals surface area contributed by atoms with Gasteiger partial charge in [0.1, 0.15) is 5.82 Å². The number of fused-ring (bicyclic) bond motifs is 1. The van der Waals surface area contributed by atoms with Crippen molar-refractivity contribution >= 4 is 22.6 Å². The van der Waals surface area contributed by atoms with Gasteiger partial charge in [0.05, 0.1) is 11.1 Å². The lowest BCUT2D eigenvalue weighted by Crippen LogP contribution is -2.26. The van der Waals surface area contributed by atoms with Gasteiger partial charge in [0.2, 0.25) is 0 Å². The molecule has 2 fully saturated rings. The van der Waals surface area contributed by atoms with Crippen LogP contribution in [0.3, 0.4) is 0 Å². The van der Waals surface area contributed by atoms with Crippen molar-refractivity contribution in [2.45, 2.75) is 38.6 Å². The molecule has 1 aliphatic carbocycles. The number of hydrogen-bond donors (Lipinski definition) is 1. The molecular weight excluding hydrogens is 274 g/mol. The fourth-order valence-electron chi connectivity index (χ4n) is 3.17. The van der Waals surface area contributed by atoms with Crippen LogP contribution in [0.5, 0.6) is 0 Å². The van der Waals surface area contributed by atoms with Crippen molar-refractivity contribution in [1.82, 2.24) is 10.3 Å². The molecule has 4 heteroatoms. The van der Waals surface area contributed by atoms with Gasteiger partial charge in [0.15, 0.2) is 0 Å². The van der Waals surface area contributed by atoms with Crippen LogP contribution in [-0.2, 0) is 0 Å². The maximum atomic E-state index is 12.6. The van der Waals surface area contributed by atoms with E-state index in [1.807, 2.05) is 18.2 Å². The number of pyridine rings is 1. The second kappa shape index (κ2) is 5.27. The number of rotatable bonds is 3. The lowest BCUT2D eigenvalue weighted by atomic mass is 10.0. The molecule has 1 saturated carbocycles. The van der Waals surface area contributed by atoms with Crippen LogP contribution >= 0.6 is 0 Å². The van der Waals surface area contributed by atoms with E-state index in [9.17, 15) is 4.79 Å². The van der Waals surface area contributed by atoms with Crippen LogP contribution in [-0.4, -0.2) is 30.0 Å². The number of carbonyl (C=O) groups is 1. The van der Waals surface area contributed by atoms with E-state index < -0.39 is 0 Å². The number of aromatic nitrogens is 1. The van der Waals surface area contributed by atoms with Crippen LogP contribution in [0.15, 0.2) is 24.3 Å². The largest absolute Gasteiger partial charge is 0.357 e. The molecule has 1 saturated heterocycles. The zero-order chi connectivity index (χ0) is 15.1. The van der Waals surface area contributed by atoms with E-state index in [-0.39, 0.29) is 5.91 Å². The third-order valence-corrected chi connectivity index (χ3v) is 4.61. The minimum atomic E-state index is 0.0425. The van der Waals surface area contributed by atoms with E-state index >= 15 is 0 Å². The number of para-hydroxylation sites is 1. The minimum absolute atomic E-state index is 0.0425. The van der Waals surface area contributed by atoms with Crippen LogP contribution in [0.1, 0.15) is 41.6 Å². The fraction of sp³-hybridized carbons (Fsp3) is 0.444. The predicted octanol–water partition coefficient (Wildman–Crippen LogP) is 3.04. The summed E-state index contributed by atoms with van der Waals surface area (Å²) in [6, 6.07) is 8.42. The SMILES string of the molecule is Cc1cccc2c(C(=O)NC3CC3)cc(N3CCCC3)nc12. The molecule has 1 aliphatic heterocycles. The van der Waals surface area contributed by atoms with E-state index in [1.165, 1.54) is 12.8 Å². The Morgan fingerprint density at radius 2 is 2.05 bits per heavy atom. The Labute approximate surface area is 130 Å². The highest BCUT2D eigenvalue weighted by atomic mass is 16.1. The summed E-state index contributed by atoms with van der Waals surface area (Å²) in [4.78, 5) is 19.8. The Morgan fingerprint density at radius 1 is 1.27 bits per heavy atom. The van der Waals surface area contributed by atoms with Gasteiger partial charge in [0, 0.05) is 24.5 Å². The molecule has 1 amide bonds. The van der Waals surface area contributed by atoms with Gasteiger partial charge in [-0.3, -0.25) is 4.79 Å². The van der Waals surface area contributed by atoms with Crippen molar-refractivity contribution in [1.29, 1.82) is 0 Å². The Kier molecular flexibility index (Phi) is 3.25. The van der Waals surface area contributed by atoms with Gasteiger partial charge in [0.25, 0.3) is 5.91 Å². The molecule has 2 aliphatic rings. The third-order valence-electron chi connectivity index (χ3n) is 4.61. The van der Waals surface area contributed by atoms with Crippen LogP contribution < -0.4 is 10.2 Å². The lowest BCUT2D eigenvalue weighted by Gasteiger charge is -2.19. The quantitative estimate of drug-likeness (QED) is 0.946. The summed E-state index contributed by atoms with van der Waals surface area (Å²) in [5.74, 6) is 0.987. The molecule has 0 unspecified atom stereocenters. The molecule has 2 aromatic rings. The average Bonchev–Trinajstić information content (AvgIpc) is 3.16. The summed E-state index contributed by atoms with van der Waals surface area (Å²) in [6.45, 7) is 4.13. The molecule has 0 radical (unpaired) electrons. The van der Waals surface area contributed by atoms with E-state index in [4.69, 9.17) is 4.98 Å². The van der Waals surface area contributed by atoms with E-state index in [2.05, 4.69) is 23.2 Å². The number of carbonyl (C=O) groups excluding carboxylic acids is 1. The van der Waals surface area contributed by atoms with Crippen LogP contribution in [0, 0.1) is 6.92 Å². The Balaban J connectivity index is 1.83. The maximum absolute atomic E-state index is 12.6. The third kappa shape index (κ3) is 2.43. The molecule has 0 bridgehead atoms. The van der Waals surface area contributed by atoms with E-state index in [1.54, 1.807) is 0 Å². The second-order valence-electron chi connectivity index (χ2n) is 6.44. The van der Waals surface area contributed by atoms with Gasteiger partial charge >= 0.3 is 0 Å². The van der Waals surface area contributed by atoms with Crippen molar-refractivity contribution in [2.24, 2.45) is 0 Å². The Morgan fingerprint density at radius 3 is 2.77 bits per heavy atom. The minimum Gasteiger partial charge on any atom is -0.357 e. The molecular formula is C18H21N3O. The number of hydrogen-bond acceptors (Lipinski definition) is 3.